The van der Waals surface area contributed by atoms with Crippen molar-refractivity contribution in [2.75, 3.05) is 11.9 Å². The van der Waals surface area contributed by atoms with Crippen molar-refractivity contribution < 1.29 is 13.2 Å². The number of nitrogens with one attached hydrogen (secondary N) is 2. The molecule has 1 amide bonds. The molecule has 0 bridgehead atoms. The van der Waals surface area contributed by atoms with E-state index in [1.54, 1.807) is 6.07 Å². The molecule has 2 aliphatic rings. The van der Waals surface area contributed by atoms with Gasteiger partial charge in [0, 0.05) is 17.8 Å². The highest BCUT2D eigenvalue weighted by atomic mass is 32.2. The number of nitrogens with two attached hydrogens (primary N) is 1. The van der Waals surface area contributed by atoms with Crippen molar-refractivity contribution in [2.24, 2.45) is 11.7 Å². The van der Waals surface area contributed by atoms with Gasteiger partial charge in [0.2, 0.25) is 10.0 Å². The van der Waals surface area contributed by atoms with E-state index in [0.717, 1.165) is 19.4 Å². The van der Waals surface area contributed by atoms with Crippen LogP contribution >= 0.6 is 0 Å². The van der Waals surface area contributed by atoms with Gasteiger partial charge < -0.3 is 11.1 Å². The third kappa shape index (κ3) is 3.41. The van der Waals surface area contributed by atoms with Crippen molar-refractivity contribution >= 4 is 21.6 Å². The number of benzene rings is 1. The van der Waals surface area contributed by atoms with Gasteiger partial charge in [-0.25, -0.2) is 13.1 Å². The van der Waals surface area contributed by atoms with Crippen molar-refractivity contribution in [3.8, 4) is 0 Å². The summed E-state index contributed by atoms with van der Waals surface area (Å²) in [6, 6.07) is 4.48. The molecule has 1 aromatic rings. The van der Waals surface area contributed by atoms with Crippen LogP contribution in [-0.2, 0) is 10.0 Å². The largest absolute Gasteiger partial charge is 0.384 e. The fraction of sp³-hybridized carbons (Fsp3) is 0.533. The van der Waals surface area contributed by atoms with E-state index in [4.69, 9.17) is 5.73 Å². The Hall–Kier alpha value is -1.60. The van der Waals surface area contributed by atoms with Gasteiger partial charge in [-0.2, -0.15) is 0 Å². The molecule has 0 heterocycles. The summed E-state index contributed by atoms with van der Waals surface area (Å²) in [6.45, 7) is 2.65. The Bertz CT molecular complexity index is 707. The number of anilines is 1. The molecule has 2 aliphatic carbocycles. The van der Waals surface area contributed by atoms with E-state index < -0.39 is 15.9 Å². The number of carbonyl (C=O) groups excluding carboxylic acids is 1. The molecular formula is C15H21N3O3S. The Labute approximate surface area is 130 Å². The molecule has 0 saturated heterocycles. The van der Waals surface area contributed by atoms with Crippen LogP contribution in [0.15, 0.2) is 23.1 Å². The van der Waals surface area contributed by atoms with Crippen LogP contribution in [0.1, 0.15) is 43.0 Å². The molecule has 0 radical (unpaired) electrons. The molecule has 2 fully saturated rings. The quantitative estimate of drug-likeness (QED) is 0.706. The molecular weight excluding hydrogens is 302 g/mol. The van der Waals surface area contributed by atoms with Crippen molar-refractivity contribution in [3.63, 3.8) is 0 Å². The zero-order chi connectivity index (χ0) is 16.0. The lowest BCUT2D eigenvalue weighted by Crippen LogP contribution is -2.34. The van der Waals surface area contributed by atoms with Crippen LogP contribution in [0.3, 0.4) is 0 Å². The molecule has 1 aromatic carbocycles. The van der Waals surface area contributed by atoms with E-state index in [9.17, 15) is 13.2 Å². The fourth-order valence-electron chi connectivity index (χ4n) is 2.30. The highest BCUT2D eigenvalue weighted by Crippen LogP contribution is 2.36. The first-order valence-corrected chi connectivity index (χ1v) is 8.99. The highest BCUT2D eigenvalue weighted by molar-refractivity contribution is 7.89. The molecule has 4 N–H and O–H groups in total. The topological polar surface area (TPSA) is 101 Å². The van der Waals surface area contributed by atoms with Gasteiger partial charge in [-0.05, 0) is 56.7 Å². The molecule has 2 saturated carbocycles. The van der Waals surface area contributed by atoms with Gasteiger partial charge in [0.15, 0.2) is 0 Å². The lowest BCUT2D eigenvalue weighted by Gasteiger charge is -2.15. The van der Waals surface area contributed by atoms with Crippen molar-refractivity contribution in [1.82, 2.24) is 4.72 Å². The number of primary amides is 1. The minimum atomic E-state index is -3.63. The van der Waals surface area contributed by atoms with Crippen LogP contribution in [0.2, 0.25) is 0 Å². The van der Waals surface area contributed by atoms with Crippen LogP contribution in [-0.4, -0.2) is 26.4 Å². The van der Waals surface area contributed by atoms with E-state index >= 15 is 0 Å². The van der Waals surface area contributed by atoms with Crippen LogP contribution in [0.4, 0.5) is 5.69 Å². The average molecular weight is 323 g/mol. The van der Waals surface area contributed by atoms with Crippen molar-refractivity contribution in [3.05, 3.63) is 23.8 Å². The molecule has 0 aromatic heterocycles. The summed E-state index contributed by atoms with van der Waals surface area (Å²) in [5, 5.41) is 3.18. The lowest BCUT2D eigenvalue weighted by atomic mass is 10.1. The smallest absolute Gasteiger partial charge is 0.250 e. The Morgan fingerprint density at radius 1 is 1.36 bits per heavy atom. The van der Waals surface area contributed by atoms with Gasteiger partial charge in [0.05, 0.1) is 10.5 Å². The number of sulfonamides is 1. The number of carbonyl (C=O) groups is 1. The maximum absolute atomic E-state index is 12.4. The molecule has 0 atom stereocenters. The summed E-state index contributed by atoms with van der Waals surface area (Å²) in [6.07, 6.45) is 4.04. The maximum atomic E-state index is 12.4. The highest BCUT2D eigenvalue weighted by Gasteiger charge is 2.41. The third-order valence-electron chi connectivity index (χ3n) is 4.23. The molecule has 3 rings (SSSR count). The number of amides is 1. The molecule has 0 spiro atoms. The standard InChI is InChI=1S/C15H21N3O3S/c1-15(6-7-15)18-22(20,21)11-4-5-13(12(8-11)14(16)19)17-9-10-2-3-10/h4-5,8,10,17-18H,2-3,6-7,9H2,1H3,(H2,16,19). The molecule has 7 heteroatoms. The minimum Gasteiger partial charge on any atom is -0.384 e. The maximum Gasteiger partial charge on any atom is 0.250 e. The number of rotatable bonds is 7. The van der Waals surface area contributed by atoms with E-state index in [1.807, 2.05) is 6.92 Å². The summed E-state index contributed by atoms with van der Waals surface area (Å²) >= 11 is 0. The van der Waals surface area contributed by atoms with Gasteiger partial charge in [-0.15, -0.1) is 0 Å². The molecule has 0 aliphatic heterocycles. The SMILES string of the molecule is CC1(NS(=O)(=O)c2ccc(NCC3CC3)c(C(N)=O)c2)CC1. The zero-order valence-corrected chi connectivity index (χ0v) is 13.4. The monoisotopic (exact) mass is 323 g/mol. The number of hydrogen-bond donors (Lipinski definition) is 3. The fourth-order valence-corrected chi connectivity index (χ4v) is 3.79. The predicted molar refractivity (Wildman–Crippen MR) is 84.1 cm³/mol. The van der Waals surface area contributed by atoms with Crippen LogP contribution in [0.25, 0.3) is 0 Å². The normalized spacial score (nSPS) is 19.7. The second-order valence-electron chi connectivity index (χ2n) is 6.56. The van der Waals surface area contributed by atoms with E-state index in [0.29, 0.717) is 11.6 Å². The van der Waals surface area contributed by atoms with Crippen molar-refractivity contribution in [1.29, 1.82) is 0 Å². The molecule has 0 unspecified atom stereocenters. The zero-order valence-electron chi connectivity index (χ0n) is 12.6. The van der Waals surface area contributed by atoms with Gasteiger partial charge in [0.25, 0.3) is 5.91 Å². The average Bonchev–Trinajstić information content (AvgIpc) is 3.34. The van der Waals surface area contributed by atoms with E-state index in [-0.39, 0.29) is 16.0 Å². The first-order valence-electron chi connectivity index (χ1n) is 7.51. The van der Waals surface area contributed by atoms with Gasteiger partial charge >= 0.3 is 0 Å². The second-order valence-corrected chi connectivity index (χ2v) is 8.24. The first-order chi connectivity index (χ1) is 10.3. The van der Waals surface area contributed by atoms with E-state index in [2.05, 4.69) is 10.0 Å². The summed E-state index contributed by atoms with van der Waals surface area (Å²) in [7, 11) is -3.63. The van der Waals surface area contributed by atoms with Gasteiger partial charge in [-0.1, -0.05) is 0 Å². The van der Waals surface area contributed by atoms with Crippen LogP contribution in [0, 0.1) is 5.92 Å². The van der Waals surface area contributed by atoms with E-state index in [1.165, 1.54) is 25.0 Å². The first kappa shape index (κ1) is 15.3. The summed E-state index contributed by atoms with van der Waals surface area (Å²) < 4.78 is 27.4. The van der Waals surface area contributed by atoms with Gasteiger partial charge in [-0.3, -0.25) is 4.79 Å². The molecule has 22 heavy (non-hydrogen) atoms. The number of hydrogen-bond acceptors (Lipinski definition) is 4. The molecule has 120 valence electrons. The Morgan fingerprint density at radius 2 is 2.05 bits per heavy atom. The Balaban J connectivity index is 1.85. The minimum absolute atomic E-state index is 0.0754. The second kappa shape index (κ2) is 5.24. The summed E-state index contributed by atoms with van der Waals surface area (Å²) in [5.41, 5.74) is 5.85. The predicted octanol–water partition coefficient (Wildman–Crippen LogP) is 1.44. The third-order valence-corrected chi connectivity index (χ3v) is 5.86. The van der Waals surface area contributed by atoms with Crippen LogP contribution in [0.5, 0.6) is 0 Å². The summed E-state index contributed by atoms with van der Waals surface area (Å²) in [5.74, 6) is 0.00796. The Morgan fingerprint density at radius 3 is 2.59 bits per heavy atom. The van der Waals surface area contributed by atoms with Gasteiger partial charge in [0.1, 0.15) is 0 Å². The lowest BCUT2D eigenvalue weighted by molar-refractivity contribution is 0.100. The Kier molecular flexibility index (Phi) is 3.65. The van der Waals surface area contributed by atoms with Crippen molar-refractivity contribution in [2.45, 2.75) is 43.0 Å². The van der Waals surface area contributed by atoms with Crippen LogP contribution < -0.4 is 15.8 Å². The molecule has 6 nitrogen and oxygen atoms in total. The summed E-state index contributed by atoms with van der Waals surface area (Å²) in [4.78, 5) is 11.7.